The Labute approximate surface area is 193 Å². The van der Waals surface area contributed by atoms with Crippen molar-refractivity contribution >= 4 is 34.6 Å². The van der Waals surface area contributed by atoms with Gasteiger partial charge in [0.25, 0.3) is 11.8 Å². The maximum absolute atomic E-state index is 13.1. The molecule has 4 aromatic heterocycles. The zero-order valence-corrected chi connectivity index (χ0v) is 19.3. The Morgan fingerprint density at radius 2 is 1.97 bits per heavy atom. The van der Waals surface area contributed by atoms with Crippen LogP contribution in [0.15, 0.2) is 23.7 Å². The van der Waals surface area contributed by atoms with Gasteiger partial charge in [0.2, 0.25) is 0 Å². The third kappa shape index (κ3) is 3.97. The van der Waals surface area contributed by atoms with Crippen LogP contribution < -0.4 is 5.32 Å². The number of rotatable bonds is 4. The van der Waals surface area contributed by atoms with Crippen molar-refractivity contribution in [2.45, 2.75) is 32.6 Å². The minimum atomic E-state index is -0.257. The van der Waals surface area contributed by atoms with Gasteiger partial charge in [-0.25, -0.2) is 9.50 Å². The monoisotopic (exact) mass is 465 g/mol. The Morgan fingerprint density at radius 3 is 2.70 bits per heavy atom. The molecular formula is C21H23N9O2S. The zero-order chi connectivity index (χ0) is 23.1. The van der Waals surface area contributed by atoms with Crippen LogP contribution >= 0.6 is 11.3 Å². The lowest BCUT2D eigenvalue weighted by Crippen LogP contribution is -2.39. The summed E-state index contributed by atoms with van der Waals surface area (Å²) in [5, 5.41) is 22.3. The molecule has 1 N–H and O–H groups in total. The summed E-state index contributed by atoms with van der Waals surface area (Å²) in [5.41, 5.74) is 2.86. The van der Waals surface area contributed by atoms with Gasteiger partial charge in [0.05, 0.1) is 22.6 Å². The Bertz CT molecular complexity index is 1350. The first-order valence-electron chi connectivity index (χ1n) is 10.6. The van der Waals surface area contributed by atoms with E-state index in [1.165, 1.54) is 11.3 Å². The van der Waals surface area contributed by atoms with Crippen LogP contribution in [0.4, 0.5) is 5.82 Å². The molecule has 1 saturated heterocycles. The van der Waals surface area contributed by atoms with Crippen molar-refractivity contribution in [1.82, 2.24) is 39.5 Å². The van der Waals surface area contributed by atoms with Gasteiger partial charge in [-0.05, 0) is 26.7 Å². The van der Waals surface area contributed by atoms with Gasteiger partial charge in [0.15, 0.2) is 11.3 Å². The number of amides is 2. The maximum Gasteiger partial charge on any atom is 0.276 e. The number of nitrogens with zero attached hydrogens (tertiary/aromatic N) is 8. The quantitative estimate of drug-likeness (QED) is 0.490. The average molecular weight is 466 g/mol. The van der Waals surface area contributed by atoms with E-state index in [0.717, 1.165) is 23.5 Å². The van der Waals surface area contributed by atoms with Crippen molar-refractivity contribution in [3.8, 4) is 0 Å². The largest absolute Gasteiger partial charge is 0.337 e. The third-order valence-corrected chi connectivity index (χ3v) is 6.88. The number of fused-ring (bicyclic) bond motifs is 1. The smallest absolute Gasteiger partial charge is 0.276 e. The number of piperidine rings is 1. The molecule has 0 atom stereocenters. The summed E-state index contributed by atoms with van der Waals surface area (Å²) in [4.78, 5) is 32.0. The summed E-state index contributed by atoms with van der Waals surface area (Å²) in [5.74, 6) is 0.430. The van der Waals surface area contributed by atoms with E-state index in [1.807, 2.05) is 19.9 Å². The van der Waals surface area contributed by atoms with Gasteiger partial charge < -0.3 is 10.2 Å². The van der Waals surface area contributed by atoms with Crippen LogP contribution in [-0.2, 0) is 7.05 Å². The first-order valence-corrected chi connectivity index (χ1v) is 11.5. The number of thiazole rings is 1. The Kier molecular flexibility index (Phi) is 5.36. The molecule has 5 heterocycles. The maximum atomic E-state index is 13.1. The molecule has 0 radical (unpaired) electrons. The normalized spacial score (nSPS) is 14.7. The number of carbonyl (C=O) groups excluding carboxylic acids is 2. The molecule has 1 aliphatic heterocycles. The van der Waals surface area contributed by atoms with Crippen molar-refractivity contribution in [2.75, 3.05) is 18.4 Å². The van der Waals surface area contributed by atoms with Crippen LogP contribution in [0.2, 0.25) is 0 Å². The van der Waals surface area contributed by atoms with Gasteiger partial charge in [0, 0.05) is 43.6 Å². The number of hydrogen-bond donors (Lipinski definition) is 1. The molecule has 1 fully saturated rings. The first kappa shape index (κ1) is 21.2. The van der Waals surface area contributed by atoms with Crippen LogP contribution in [0.25, 0.3) is 5.65 Å². The SMILES string of the molecule is Cc1cc2nnc(C(=O)N3CCC(c4nc(C(=O)Nc5ccnn5C)cs4)CC3)c(C)n2n1. The summed E-state index contributed by atoms with van der Waals surface area (Å²) in [6.07, 6.45) is 3.17. The highest BCUT2D eigenvalue weighted by Crippen LogP contribution is 2.31. The van der Waals surface area contributed by atoms with Crippen LogP contribution in [0.3, 0.4) is 0 Å². The molecule has 170 valence electrons. The number of hydrogen-bond acceptors (Lipinski definition) is 8. The summed E-state index contributed by atoms with van der Waals surface area (Å²) in [7, 11) is 1.76. The van der Waals surface area contributed by atoms with Crippen LogP contribution in [0, 0.1) is 13.8 Å². The predicted molar refractivity (Wildman–Crippen MR) is 121 cm³/mol. The lowest BCUT2D eigenvalue weighted by molar-refractivity contribution is 0.0704. The van der Waals surface area contributed by atoms with E-state index < -0.39 is 0 Å². The summed E-state index contributed by atoms with van der Waals surface area (Å²) in [6, 6.07) is 3.56. The van der Waals surface area contributed by atoms with Crippen molar-refractivity contribution in [1.29, 1.82) is 0 Å². The highest BCUT2D eigenvalue weighted by molar-refractivity contribution is 7.10. The molecule has 12 heteroatoms. The number of anilines is 1. The molecule has 5 rings (SSSR count). The Hall–Kier alpha value is -3.67. The number of aryl methyl sites for hydroxylation is 3. The van der Waals surface area contributed by atoms with E-state index in [4.69, 9.17) is 0 Å². The fraction of sp³-hybridized carbons (Fsp3) is 0.381. The van der Waals surface area contributed by atoms with Gasteiger partial charge in [-0.1, -0.05) is 0 Å². The Balaban J connectivity index is 1.23. The highest BCUT2D eigenvalue weighted by Gasteiger charge is 2.29. The van der Waals surface area contributed by atoms with E-state index >= 15 is 0 Å². The van der Waals surface area contributed by atoms with Gasteiger partial charge in [-0.3, -0.25) is 14.3 Å². The number of carbonyl (C=O) groups is 2. The van der Waals surface area contributed by atoms with E-state index in [1.54, 1.807) is 38.8 Å². The molecular weight excluding hydrogens is 442 g/mol. The van der Waals surface area contributed by atoms with E-state index in [2.05, 4.69) is 30.7 Å². The van der Waals surface area contributed by atoms with Crippen LogP contribution in [0.1, 0.15) is 56.1 Å². The number of aromatic nitrogens is 7. The fourth-order valence-electron chi connectivity index (χ4n) is 4.01. The molecule has 11 nitrogen and oxygen atoms in total. The molecule has 0 aliphatic carbocycles. The molecule has 4 aromatic rings. The van der Waals surface area contributed by atoms with Crippen molar-refractivity contribution in [2.24, 2.45) is 7.05 Å². The van der Waals surface area contributed by atoms with Gasteiger partial charge in [-0.2, -0.15) is 10.2 Å². The number of likely N-dealkylation sites (tertiary alicyclic amines) is 1. The topological polar surface area (TPSA) is 123 Å². The molecule has 0 unspecified atom stereocenters. The van der Waals surface area contributed by atoms with Crippen molar-refractivity contribution in [3.05, 3.63) is 51.5 Å². The summed E-state index contributed by atoms with van der Waals surface area (Å²) < 4.78 is 3.26. The second-order valence-corrected chi connectivity index (χ2v) is 9.01. The number of nitrogens with one attached hydrogen (secondary N) is 1. The second kappa shape index (κ2) is 8.35. The lowest BCUT2D eigenvalue weighted by atomic mass is 9.97. The molecule has 0 saturated carbocycles. The fourth-order valence-corrected chi connectivity index (χ4v) is 4.98. The Morgan fingerprint density at radius 1 is 1.18 bits per heavy atom. The van der Waals surface area contributed by atoms with Gasteiger partial charge >= 0.3 is 0 Å². The minimum absolute atomic E-state index is 0.135. The first-order chi connectivity index (χ1) is 15.9. The summed E-state index contributed by atoms with van der Waals surface area (Å²) >= 11 is 1.48. The van der Waals surface area contributed by atoms with Crippen molar-refractivity contribution in [3.63, 3.8) is 0 Å². The van der Waals surface area contributed by atoms with Gasteiger partial charge in [-0.15, -0.1) is 21.5 Å². The second-order valence-electron chi connectivity index (χ2n) is 8.12. The zero-order valence-electron chi connectivity index (χ0n) is 18.5. The van der Waals surface area contributed by atoms with Crippen LogP contribution in [0.5, 0.6) is 0 Å². The van der Waals surface area contributed by atoms with Crippen molar-refractivity contribution < 1.29 is 9.59 Å². The molecule has 1 aliphatic rings. The average Bonchev–Trinajstić information content (AvgIpc) is 3.54. The predicted octanol–water partition coefficient (Wildman–Crippen LogP) is 2.20. The van der Waals surface area contributed by atoms with Crippen LogP contribution in [-0.4, -0.2) is 64.4 Å². The minimum Gasteiger partial charge on any atom is -0.337 e. The molecule has 33 heavy (non-hydrogen) atoms. The molecule has 2 amide bonds. The van der Waals surface area contributed by atoms with E-state index in [9.17, 15) is 9.59 Å². The molecule has 0 bridgehead atoms. The van der Waals surface area contributed by atoms with Gasteiger partial charge in [0.1, 0.15) is 11.5 Å². The molecule has 0 aromatic carbocycles. The molecule has 0 spiro atoms. The lowest BCUT2D eigenvalue weighted by Gasteiger charge is -2.31. The van der Waals surface area contributed by atoms with E-state index in [-0.39, 0.29) is 17.7 Å². The van der Waals surface area contributed by atoms with E-state index in [0.29, 0.717) is 41.6 Å². The third-order valence-electron chi connectivity index (χ3n) is 5.88. The highest BCUT2D eigenvalue weighted by atomic mass is 32.1. The standard InChI is InChI=1S/C21H23N9O2S/c1-12-10-17-25-26-18(13(2)30(17)27-12)21(32)29-8-5-14(6-9-29)20-23-15(11-33-20)19(31)24-16-4-7-22-28(16)3/h4,7,10-11,14H,5-6,8-9H2,1-3H3,(H,24,31). The summed E-state index contributed by atoms with van der Waals surface area (Å²) in [6.45, 7) is 4.91.